The van der Waals surface area contributed by atoms with Gasteiger partial charge in [0.05, 0.1) is 9.86 Å². The molecule has 0 aliphatic heterocycles. The third kappa shape index (κ3) is 4.61. The molecule has 9 heteroatoms. The molecule has 0 saturated carbocycles. The van der Waals surface area contributed by atoms with Gasteiger partial charge in [-0.2, -0.15) is 13.2 Å². The summed E-state index contributed by atoms with van der Waals surface area (Å²) in [7, 11) is 0. The number of fused-ring (bicyclic) bond motifs is 1. The zero-order chi connectivity index (χ0) is 22.9. The number of para-hydroxylation sites is 1. The third-order valence-corrected chi connectivity index (χ3v) is 5.50. The van der Waals surface area contributed by atoms with E-state index in [1.165, 1.54) is 24.3 Å². The highest BCUT2D eigenvalue weighted by molar-refractivity contribution is 9.10. The van der Waals surface area contributed by atoms with Crippen LogP contribution in [0.3, 0.4) is 0 Å². The molecule has 4 nitrogen and oxygen atoms in total. The highest BCUT2D eigenvalue weighted by Gasteiger charge is 2.40. The van der Waals surface area contributed by atoms with Gasteiger partial charge in [-0.1, -0.05) is 41.9 Å². The normalized spacial score (nSPS) is 11.5. The van der Waals surface area contributed by atoms with Crippen LogP contribution in [0.4, 0.5) is 13.2 Å². The summed E-state index contributed by atoms with van der Waals surface area (Å²) in [5, 5.41) is 0.415. The summed E-state index contributed by atoms with van der Waals surface area (Å²) in [5.74, 6) is -2.21. The Labute approximate surface area is 193 Å². The molecule has 0 saturated heterocycles. The van der Waals surface area contributed by atoms with E-state index in [1.54, 1.807) is 42.5 Å². The average Bonchev–Trinajstić information content (AvgIpc) is 2.75. The van der Waals surface area contributed by atoms with Crippen LogP contribution in [0.15, 0.2) is 80.4 Å². The molecule has 0 bridgehead atoms. The second kappa shape index (κ2) is 8.88. The average molecular weight is 526 g/mol. The first-order valence-electron chi connectivity index (χ1n) is 9.20. The van der Waals surface area contributed by atoms with Gasteiger partial charge in [0.1, 0.15) is 23.7 Å². The molecule has 0 unspecified atom stereocenters. The fourth-order valence-corrected chi connectivity index (χ4v) is 3.50. The lowest BCUT2D eigenvalue weighted by molar-refractivity contribution is -0.154. The van der Waals surface area contributed by atoms with Crippen LogP contribution < -0.4 is 14.9 Å². The van der Waals surface area contributed by atoms with Crippen molar-refractivity contribution in [2.75, 3.05) is 0 Å². The molecular weight excluding hydrogens is 513 g/mol. The van der Waals surface area contributed by atoms with Crippen molar-refractivity contribution in [1.82, 2.24) is 0 Å². The van der Waals surface area contributed by atoms with E-state index in [0.29, 0.717) is 15.1 Å². The standard InChI is InChI=1S/C23H13BrClF3O4/c24-16-6-2-4-8-18(16)31-21-20(29)15-10-9-14(11-19(15)32-22(21)23(26,27)28)30-12-13-5-1-3-7-17(13)25/h1-11H,12H2. The van der Waals surface area contributed by atoms with E-state index in [2.05, 4.69) is 15.9 Å². The Kier molecular flexibility index (Phi) is 6.17. The predicted octanol–water partition coefficient (Wildman–Crippen LogP) is 7.60. The second-order valence-corrected chi connectivity index (χ2v) is 7.92. The highest BCUT2D eigenvalue weighted by Crippen LogP contribution is 2.40. The van der Waals surface area contributed by atoms with E-state index < -0.39 is 23.1 Å². The summed E-state index contributed by atoms with van der Waals surface area (Å²) in [6, 6.07) is 17.3. The molecule has 4 aromatic rings. The van der Waals surface area contributed by atoms with Crippen LogP contribution in [0.5, 0.6) is 17.2 Å². The van der Waals surface area contributed by atoms with Crippen LogP contribution >= 0.6 is 27.5 Å². The lowest BCUT2D eigenvalue weighted by Gasteiger charge is -2.14. The highest BCUT2D eigenvalue weighted by atomic mass is 79.9. The summed E-state index contributed by atoms with van der Waals surface area (Å²) in [5.41, 5.74) is -0.533. The van der Waals surface area contributed by atoms with Crippen molar-refractivity contribution in [3.63, 3.8) is 0 Å². The monoisotopic (exact) mass is 524 g/mol. The van der Waals surface area contributed by atoms with Crippen molar-refractivity contribution in [3.05, 3.63) is 97.8 Å². The van der Waals surface area contributed by atoms with Crippen LogP contribution in [0.2, 0.25) is 5.02 Å². The van der Waals surface area contributed by atoms with E-state index in [0.717, 1.165) is 0 Å². The van der Waals surface area contributed by atoms with E-state index >= 15 is 0 Å². The van der Waals surface area contributed by atoms with Crippen molar-refractivity contribution in [2.45, 2.75) is 12.8 Å². The molecule has 32 heavy (non-hydrogen) atoms. The van der Waals surface area contributed by atoms with Crippen LogP contribution in [-0.4, -0.2) is 0 Å². The van der Waals surface area contributed by atoms with E-state index in [9.17, 15) is 18.0 Å². The topological polar surface area (TPSA) is 48.7 Å². The lowest BCUT2D eigenvalue weighted by Crippen LogP contribution is -2.15. The second-order valence-electron chi connectivity index (χ2n) is 6.66. The number of halogens is 5. The number of benzene rings is 3. The summed E-state index contributed by atoms with van der Waals surface area (Å²) >= 11 is 9.28. The quantitative estimate of drug-likeness (QED) is 0.269. The molecule has 0 radical (unpaired) electrons. The zero-order valence-corrected chi connectivity index (χ0v) is 18.4. The molecule has 0 aliphatic rings. The molecule has 0 spiro atoms. The molecule has 4 rings (SSSR count). The van der Waals surface area contributed by atoms with Crippen molar-refractivity contribution in [3.8, 4) is 17.2 Å². The Morgan fingerprint density at radius 3 is 2.44 bits per heavy atom. The van der Waals surface area contributed by atoms with Crippen molar-refractivity contribution in [1.29, 1.82) is 0 Å². The molecule has 1 aromatic heterocycles. The van der Waals surface area contributed by atoms with Gasteiger partial charge in [-0.25, -0.2) is 0 Å². The minimum Gasteiger partial charge on any atom is -0.489 e. The minimum absolute atomic E-state index is 0.0457. The fourth-order valence-electron chi connectivity index (χ4n) is 2.94. The molecular formula is C23H13BrClF3O4. The maximum absolute atomic E-state index is 13.7. The first-order valence-corrected chi connectivity index (χ1v) is 10.4. The number of hydrogen-bond acceptors (Lipinski definition) is 4. The zero-order valence-electron chi connectivity index (χ0n) is 16.1. The number of ether oxygens (including phenoxy) is 2. The number of hydrogen-bond donors (Lipinski definition) is 0. The van der Waals surface area contributed by atoms with Crippen molar-refractivity contribution in [2.24, 2.45) is 0 Å². The van der Waals surface area contributed by atoms with Crippen molar-refractivity contribution < 1.29 is 27.1 Å². The van der Waals surface area contributed by atoms with E-state index in [4.69, 9.17) is 25.5 Å². The van der Waals surface area contributed by atoms with Gasteiger partial charge in [0.15, 0.2) is 0 Å². The Hall–Kier alpha value is -2.97. The third-order valence-electron chi connectivity index (χ3n) is 4.48. The van der Waals surface area contributed by atoms with Gasteiger partial charge in [-0.05, 0) is 46.3 Å². The summed E-state index contributed by atoms with van der Waals surface area (Å²) < 4.78 is 57.5. The molecule has 0 aliphatic carbocycles. The summed E-state index contributed by atoms with van der Waals surface area (Å²) in [6.45, 7) is 0.0881. The van der Waals surface area contributed by atoms with E-state index in [1.807, 2.05) is 0 Å². The van der Waals surface area contributed by atoms with Gasteiger partial charge in [-0.15, -0.1) is 0 Å². The largest absolute Gasteiger partial charge is 0.489 e. The Morgan fingerprint density at radius 2 is 1.72 bits per heavy atom. The van der Waals surface area contributed by atoms with Crippen LogP contribution in [0.1, 0.15) is 11.3 Å². The van der Waals surface area contributed by atoms with Gasteiger partial charge in [0.25, 0.3) is 5.76 Å². The van der Waals surface area contributed by atoms with Crippen LogP contribution in [0, 0.1) is 0 Å². The Balaban J connectivity index is 1.75. The minimum atomic E-state index is -4.96. The van der Waals surface area contributed by atoms with Gasteiger partial charge in [0.2, 0.25) is 11.2 Å². The van der Waals surface area contributed by atoms with Crippen molar-refractivity contribution >= 4 is 38.5 Å². The number of rotatable bonds is 5. The van der Waals surface area contributed by atoms with Crippen LogP contribution in [0.25, 0.3) is 11.0 Å². The van der Waals surface area contributed by atoms with Crippen LogP contribution in [-0.2, 0) is 12.8 Å². The maximum Gasteiger partial charge on any atom is 0.453 e. The van der Waals surface area contributed by atoms with Gasteiger partial charge in [-0.3, -0.25) is 4.79 Å². The molecule has 0 N–H and O–H groups in total. The van der Waals surface area contributed by atoms with Gasteiger partial charge in [0, 0.05) is 16.7 Å². The maximum atomic E-state index is 13.7. The Bertz CT molecular complexity index is 1350. The Morgan fingerprint density at radius 1 is 1.00 bits per heavy atom. The summed E-state index contributed by atoms with van der Waals surface area (Å²) in [6.07, 6.45) is -4.96. The van der Waals surface area contributed by atoms with E-state index in [-0.39, 0.29) is 29.1 Å². The molecule has 0 amide bonds. The molecule has 0 atom stereocenters. The summed E-state index contributed by atoms with van der Waals surface area (Å²) in [4.78, 5) is 12.9. The van der Waals surface area contributed by atoms with Gasteiger partial charge < -0.3 is 13.9 Å². The predicted molar refractivity (Wildman–Crippen MR) is 117 cm³/mol. The lowest BCUT2D eigenvalue weighted by atomic mass is 10.2. The first-order chi connectivity index (χ1) is 15.2. The smallest absolute Gasteiger partial charge is 0.453 e. The molecule has 3 aromatic carbocycles. The fraction of sp³-hybridized carbons (Fsp3) is 0.0870. The van der Waals surface area contributed by atoms with Gasteiger partial charge >= 0.3 is 6.18 Å². The SMILES string of the molecule is O=c1c(Oc2ccccc2Br)c(C(F)(F)F)oc2cc(OCc3ccccc3Cl)ccc12. The molecule has 164 valence electrons. The molecule has 1 heterocycles. The number of alkyl halides is 3. The first kappa shape index (κ1) is 22.2. The molecule has 0 fully saturated rings.